The first-order valence-electron chi connectivity index (χ1n) is 9.20. The number of anilines is 1. The summed E-state index contributed by atoms with van der Waals surface area (Å²) in [6.45, 7) is 1.48. The Kier molecular flexibility index (Phi) is 5.57. The fraction of sp³-hybridized carbons (Fsp3) is 0.238. The van der Waals surface area contributed by atoms with Gasteiger partial charge in [-0.25, -0.2) is 4.98 Å². The molecule has 0 atom stereocenters. The van der Waals surface area contributed by atoms with Gasteiger partial charge in [0.1, 0.15) is 18.2 Å². The smallest absolute Gasteiger partial charge is 0.255 e. The van der Waals surface area contributed by atoms with Crippen molar-refractivity contribution in [2.45, 2.75) is 13.0 Å². The molecule has 1 aliphatic rings. The van der Waals surface area contributed by atoms with Crippen molar-refractivity contribution in [2.75, 3.05) is 18.5 Å². The van der Waals surface area contributed by atoms with Crippen LogP contribution in [-0.2, 0) is 13.7 Å². The van der Waals surface area contributed by atoms with Gasteiger partial charge in [0.25, 0.3) is 5.91 Å². The summed E-state index contributed by atoms with van der Waals surface area (Å²) in [5.41, 5.74) is 0.952. The molecule has 1 aliphatic heterocycles. The second kappa shape index (κ2) is 8.45. The largest absolute Gasteiger partial charge is 0.490 e. The van der Waals surface area contributed by atoms with Crippen molar-refractivity contribution in [3.05, 3.63) is 65.2 Å². The van der Waals surface area contributed by atoms with Crippen molar-refractivity contribution in [3.63, 3.8) is 0 Å². The lowest BCUT2D eigenvalue weighted by Crippen LogP contribution is -2.12. The minimum absolute atomic E-state index is 0.281. The van der Waals surface area contributed by atoms with E-state index in [9.17, 15) is 4.79 Å². The maximum Gasteiger partial charge on any atom is 0.255 e. The predicted molar refractivity (Wildman–Crippen MR) is 109 cm³/mol. The van der Waals surface area contributed by atoms with Crippen LogP contribution in [-0.4, -0.2) is 28.7 Å². The summed E-state index contributed by atoms with van der Waals surface area (Å²) < 4.78 is 18.9. The lowest BCUT2D eigenvalue weighted by molar-refractivity contribution is 0.102. The molecule has 0 aliphatic carbocycles. The third kappa shape index (κ3) is 4.46. The fourth-order valence-corrected chi connectivity index (χ4v) is 3.06. The number of nitrogens with one attached hydrogen (secondary N) is 1. The molecule has 1 amide bonds. The van der Waals surface area contributed by atoms with Crippen LogP contribution < -0.4 is 19.5 Å². The summed E-state index contributed by atoms with van der Waals surface area (Å²) in [4.78, 5) is 16.8. The molecule has 1 aromatic heterocycles. The van der Waals surface area contributed by atoms with Crippen LogP contribution in [0.2, 0.25) is 5.02 Å². The molecule has 2 heterocycles. The maximum atomic E-state index is 12.6. The minimum atomic E-state index is -0.281. The van der Waals surface area contributed by atoms with Crippen molar-refractivity contribution >= 4 is 23.2 Å². The Bertz CT molecular complexity index is 1020. The van der Waals surface area contributed by atoms with Gasteiger partial charge in [-0.15, -0.1) is 0 Å². The fourth-order valence-electron chi connectivity index (χ4n) is 2.86. The molecule has 0 bridgehead atoms. The molecule has 0 spiro atoms. The van der Waals surface area contributed by atoms with E-state index in [0.717, 1.165) is 12.2 Å². The first-order chi connectivity index (χ1) is 14.1. The van der Waals surface area contributed by atoms with E-state index in [2.05, 4.69) is 10.3 Å². The van der Waals surface area contributed by atoms with Gasteiger partial charge in [-0.2, -0.15) is 0 Å². The van der Waals surface area contributed by atoms with Gasteiger partial charge in [0.2, 0.25) is 0 Å². The monoisotopic (exact) mass is 413 g/mol. The van der Waals surface area contributed by atoms with Gasteiger partial charge >= 0.3 is 0 Å². The normalized spacial score (nSPS) is 12.9. The average molecular weight is 414 g/mol. The number of rotatable bonds is 5. The zero-order chi connectivity index (χ0) is 20.2. The maximum absolute atomic E-state index is 12.6. The minimum Gasteiger partial charge on any atom is -0.490 e. The van der Waals surface area contributed by atoms with Gasteiger partial charge in [-0.1, -0.05) is 11.6 Å². The average Bonchev–Trinajstić information content (AvgIpc) is 3.00. The molecule has 0 radical (unpaired) electrons. The molecule has 3 aromatic rings. The van der Waals surface area contributed by atoms with E-state index in [1.54, 1.807) is 42.6 Å². The summed E-state index contributed by atoms with van der Waals surface area (Å²) in [6.07, 6.45) is 4.37. The van der Waals surface area contributed by atoms with Crippen molar-refractivity contribution in [1.29, 1.82) is 0 Å². The first-order valence-corrected chi connectivity index (χ1v) is 9.57. The molecule has 0 saturated heterocycles. The molecule has 0 unspecified atom stereocenters. The Hall–Kier alpha value is -3.19. The Morgan fingerprint density at radius 1 is 1.21 bits per heavy atom. The van der Waals surface area contributed by atoms with Crippen LogP contribution >= 0.6 is 11.6 Å². The summed E-state index contributed by atoms with van der Waals surface area (Å²) in [6, 6.07) is 10.2. The molecular weight excluding hydrogens is 394 g/mol. The number of hydrogen-bond donors (Lipinski definition) is 1. The number of benzene rings is 2. The highest BCUT2D eigenvalue weighted by molar-refractivity contribution is 6.34. The SMILES string of the molecule is Cn1ccnc1COc1ccc(C(=O)Nc2cc3c(cc2Cl)OCCCO3)cc1. The number of fused-ring (bicyclic) bond motifs is 1. The van der Waals surface area contributed by atoms with Gasteiger partial charge in [0.05, 0.1) is 23.9 Å². The Balaban J connectivity index is 1.42. The Morgan fingerprint density at radius 2 is 1.93 bits per heavy atom. The van der Waals surface area contributed by atoms with E-state index in [1.165, 1.54) is 0 Å². The predicted octanol–water partition coefficient (Wildman–Crippen LogP) is 4.07. The van der Waals surface area contributed by atoms with Gasteiger partial charge in [-0.05, 0) is 24.3 Å². The molecule has 0 saturated carbocycles. The van der Waals surface area contributed by atoms with Gasteiger partial charge in [-0.3, -0.25) is 4.79 Å². The number of aryl methyl sites for hydroxylation is 1. The van der Waals surface area contributed by atoms with Crippen LogP contribution in [0.5, 0.6) is 17.2 Å². The highest BCUT2D eigenvalue weighted by Crippen LogP contribution is 2.37. The molecule has 8 heteroatoms. The quantitative estimate of drug-likeness (QED) is 0.682. The molecule has 2 aromatic carbocycles. The second-order valence-corrected chi connectivity index (χ2v) is 6.96. The van der Waals surface area contributed by atoms with Crippen LogP contribution in [0.3, 0.4) is 0 Å². The zero-order valence-electron chi connectivity index (χ0n) is 15.9. The topological polar surface area (TPSA) is 74.6 Å². The number of nitrogens with zero attached hydrogens (tertiary/aromatic N) is 2. The van der Waals surface area contributed by atoms with Gasteiger partial charge in [0, 0.05) is 43.6 Å². The number of ether oxygens (including phenoxy) is 3. The van der Waals surface area contributed by atoms with E-state index in [0.29, 0.717) is 53.3 Å². The molecule has 0 fully saturated rings. The summed E-state index contributed by atoms with van der Waals surface area (Å²) in [5.74, 6) is 2.34. The van der Waals surface area contributed by atoms with Crippen molar-refractivity contribution in [1.82, 2.24) is 9.55 Å². The van der Waals surface area contributed by atoms with Gasteiger partial charge < -0.3 is 24.1 Å². The van der Waals surface area contributed by atoms with E-state index in [1.807, 2.05) is 17.8 Å². The molecule has 29 heavy (non-hydrogen) atoms. The number of amides is 1. The van der Waals surface area contributed by atoms with Crippen molar-refractivity contribution in [2.24, 2.45) is 7.05 Å². The standard InChI is InChI=1S/C21H20ClN3O4/c1-25-8-7-23-20(25)13-29-15-5-3-14(4-6-15)21(26)24-17-12-19-18(11-16(17)22)27-9-2-10-28-19/h3-8,11-12H,2,9-10,13H2,1H3,(H,24,26). The molecule has 7 nitrogen and oxygen atoms in total. The molecular formula is C21H20ClN3O4. The van der Waals surface area contributed by atoms with Crippen molar-refractivity contribution < 1.29 is 19.0 Å². The lowest BCUT2D eigenvalue weighted by atomic mass is 10.2. The van der Waals surface area contributed by atoms with Crippen LogP contribution in [0.1, 0.15) is 22.6 Å². The number of hydrogen-bond acceptors (Lipinski definition) is 5. The second-order valence-electron chi connectivity index (χ2n) is 6.55. The van der Waals surface area contributed by atoms with E-state index in [-0.39, 0.29) is 5.91 Å². The number of carbonyl (C=O) groups excluding carboxylic acids is 1. The molecule has 1 N–H and O–H groups in total. The van der Waals surface area contributed by atoms with E-state index < -0.39 is 0 Å². The third-order valence-corrected chi connectivity index (χ3v) is 4.80. The molecule has 4 rings (SSSR count). The summed E-state index contributed by atoms with van der Waals surface area (Å²) >= 11 is 6.30. The highest BCUT2D eigenvalue weighted by Gasteiger charge is 2.16. The number of halogens is 1. The summed E-state index contributed by atoms with van der Waals surface area (Å²) in [7, 11) is 1.91. The third-order valence-electron chi connectivity index (χ3n) is 4.49. The van der Waals surface area contributed by atoms with Crippen molar-refractivity contribution in [3.8, 4) is 17.2 Å². The van der Waals surface area contributed by atoms with Crippen LogP contribution in [0.15, 0.2) is 48.8 Å². The molecule has 150 valence electrons. The van der Waals surface area contributed by atoms with Crippen LogP contribution in [0.25, 0.3) is 0 Å². The Labute approximate surface area is 173 Å². The van der Waals surface area contributed by atoms with Crippen LogP contribution in [0, 0.1) is 0 Å². The first kappa shape index (κ1) is 19.1. The van der Waals surface area contributed by atoms with Crippen LogP contribution in [0.4, 0.5) is 5.69 Å². The van der Waals surface area contributed by atoms with Gasteiger partial charge in [0.15, 0.2) is 11.5 Å². The number of imidazole rings is 1. The number of carbonyl (C=O) groups is 1. The zero-order valence-corrected chi connectivity index (χ0v) is 16.6. The highest BCUT2D eigenvalue weighted by atomic mass is 35.5. The summed E-state index contributed by atoms with van der Waals surface area (Å²) in [5, 5.41) is 3.20. The number of aromatic nitrogens is 2. The lowest BCUT2D eigenvalue weighted by Gasteiger charge is -2.13. The Morgan fingerprint density at radius 3 is 2.62 bits per heavy atom. The van der Waals surface area contributed by atoms with E-state index >= 15 is 0 Å². The van der Waals surface area contributed by atoms with E-state index in [4.69, 9.17) is 25.8 Å².